The average Bonchev–Trinajstić information content (AvgIpc) is 2.68. The molecule has 1 aromatic heterocycles. The summed E-state index contributed by atoms with van der Waals surface area (Å²) in [5.41, 5.74) is 1.22. The molecule has 0 bridgehead atoms. The maximum absolute atomic E-state index is 15.0. The quantitative estimate of drug-likeness (QED) is 0.605. The Morgan fingerprint density at radius 1 is 1.11 bits per heavy atom. The van der Waals surface area contributed by atoms with Crippen LogP contribution in [0.2, 0.25) is 5.02 Å². The van der Waals surface area contributed by atoms with Crippen molar-refractivity contribution in [1.29, 1.82) is 0 Å². The minimum absolute atomic E-state index is 0.0299. The van der Waals surface area contributed by atoms with Gasteiger partial charge >= 0.3 is 5.97 Å². The van der Waals surface area contributed by atoms with E-state index in [2.05, 4.69) is 9.97 Å². The van der Waals surface area contributed by atoms with Crippen molar-refractivity contribution in [2.45, 2.75) is 6.92 Å². The van der Waals surface area contributed by atoms with E-state index in [-0.39, 0.29) is 39.8 Å². The number of carbonyl (C=O) groups excluding carboxylic acids is 1. The highest BCUT2D eigenvalue weighted by Gasteiger charge is 2.24. The van der Waals surface area contributed by atoms with E-state index in [1.807, 2.05) is 0 Å². The molecule has 1 heterocycles. The summed E-state index contributed by atoms with van der Waals surface area (Å²) < 4.78 is 30.4. The van der Waals surface area contributed by atoms with Gasteiger partial charge in [-0.3, -0.25) is 9.97 Å². The van der Waals surface area contributed by atoms with Gasteiger partial charge in [-0.25, -0.2) is 9.18 Å². The molecule has 0 aliphatic heterocycles. The molecule has 2 aromatic carbocycles. The molecule has 140 valence electrons. The van der Waals surface area contributed by atoms with E-state index in [1.165, 1.54) is 38.7 Å². The summed E-state index contributed by atoms with van der Waals surface area (Å²) in [5.74, 6) is -0.988. The van der Waals surface area contributed by atoms with Gasteiger partial charge in [0.1, 0.15) is 11.3 Å². The summed E-state index contributed by atoms with van der Waals surface area (Å²) in [7, 11) is 2.77. The zero-order valence-electron chi connectivity index (χ0n) is 14.9. The Kier molecular flexibility index (Phi) is 5.41. The van der Waals surface area contributed by atoms with Crippen LogP contribution in [0.25, 0.3) is 22.2 Å². The summed E-state index contributed by atoms with van der Waals surface area (Å²) in [4.78, 5) is 20.7. The van der Waals surface area contributed by atoms with Gasteiger partial charge in [0, 0.05) is 29.6 Å². The first-order valence-electron chi connectivity index (χ1n) is 8.04. The number of fused-ring (bicyclic) bond motifs is 1. The molecule has 6 nitrogen and oxygen atoms in total. The van der Waals surface area contributed by atoms with Crippen LogP contribution in [0.4, 0.5) is 4.39 Å². The van der Waals surface area contributed by atoms with Crippen molar-refractivity contribution in [2.24, 2.45) is 0 Å². The van der Waals surface area contributed by atoms with Crippen molar-refractivity contribution in [3.05, 3.63) is 47.0 Å². The Balaban J connectivity index is 2.34. The Bertz CT molecular complexity index is 998. The number of benzene rings is 2. The van der Waals surface area contributed by atoms with Crippen LogP contribution >= 0.6 is 11.6 Å². The van der Waals surface area contributed by atoms with Crippen molar-refractivity contribution >= 4 is 28.6 Å². The van der Waals surface area contributed by atoms with E-state index < -0.39 is 11.8 Å². The molecule has 0 atom stereocenters. The van der Waals surface area contributed by atoms with E-state index in [0.29, 0.717) is 11.1 Å². The van der Waals surface area contributed by atoms with E-state index in [4.69, 9.17) is 25.8 Å². The Morgan fingerprint density at radius 3 is 2.41 bits per heavy atom. The largest absolute Gasteiger partial charge is 0.495 e. The minimum atomic E-state index is -0.667. The summed E-state index contributed by atoms with van der Waals surface area (Å²) in [6.45, 7) is 1.92. The molecule has 0 fully saturated rings. The lowest BCUT2D eigenvalue weighted by Gasteiger charge is -2.15. The Hall–Kier alpha value is -2.93. The second-order valence-corrected chi connectivity index (χ2v) is 5.80. The van der Waals surface area contributed by atoms with Crippen LogP contribution in [0.15, 0.2) is 30.6 Å². The van der Waals surface area contributed by atoms with Gasteiger partial charge in [0.25, 0.3) is 0 Å². The van der Waals surface area contributed by atoms with Gasteiger partial charge in [0.15, 0.2) is 11.6 Å². The van der Waals surface area contributed by atoms with Gasteiger partial charge < -0.3 is 14.2 Å². The molecule has 8 heteroatoms. The number of rotatable bonds is 5. The number of carbonyl (C=O) groups is 1. The predicted octanol–water partition coefficient (Wildman–Crippen LogP) is 4.28. The first-order chi connectivity index (χ1) is 13.0. The fourth-order valence-corrected chi connectivity index (χ4v) is 3.07. The molecule has 0 amide bonds. The number of hydrogen-bond donors (Lipinski definition) is 0. The fourth-order valence-electron chi connectivity index (χ4n) is 2.75. The number of methoxy groups -OCH3 is 2. The van der Waals surface area contributed by atoms with Crippen LogP contribution in [0.5, 0.6) is 11.5 Å². The maximum Gasteiger partial charge on any atom is 0.340 e. The molecule has 0 radical (unpaired) electrons. The standard InChI is InChI=1S/C19H16ClFN2O4/c1-4-27-19(24)11-6-5-10(17-18(11)23-8-7-22-17)14-15(20)12(25-2)9-13(26-3)16(14)21/h5-9H,4H2,1-3H3. The number of aromatic nitrogens is 2. The molecule has 0 spiro atoms. The van der Waals surface area contributed by atoms with E-state index in [0.717, 1.165) is 0 Å². The second kappa shape index (κ2) is 7.75. The van der Waals surface area contributed by atoms with Crippen molar-refractivity contribution in [3.63, 3.8) is 0 Å². The van der Waals surface area contributed by atoms with Gasteiger partial charge in [0.05, 0.1) is 36.9 Å². The molecule has 3 aromatic rings. The van der Waals surface area contributed by atoms with Crippen LogP contribution in [0, 0.1) is 5.82 Å². The summed E-state index contributed by atoms with van der Waals surface area (Å²) in [5, 5.41) is 0.0617. The zero-order valence-corrected chi connectivity index (χ0v) is 15.6. The topological polar surface area (TPSA) is 70.5 Å². The highest BCUT2D eigenvalue weighted by atomic mass is 35.5. The third-order valence-electron chi connectivity index (χ3n) is 3.96. The number of halogens is 2. The van der Waals surface area contributed by atoms with Crippen molar-refractivity contribution in [2.75, 3.05) is 20.8 Å². The highest BCUT2D eigenvalue weighted by molar-refractivity contribution is 6.35. The molecular formula is C19H16ClFN2O4. The van der Waals surface area contributed by atoms with E-state index >= 15 is 4.39 Å². The van der Waals surface area contributed by atoms with Gasteiger partial charge in [0.2, 0.25) is 0 Å². The minimum Gasteiger partial charge on any atom is -0.495 e. The molecule has 0 aliphatic rings. The number of ether oxygens (including phenoxy) is 3. The summed E-state index contributed by atoms with van der Waals surface area (Å²) in [6.07, 6.45) is 2.89. The lowest BCUT2D eigenvalue weighted by Crippen LogP contribution is -2.07. The maximum atomic E-state index is 15.0. The van der Waals surface area contributed by atoms with Gasteiger partial charge in [-0.05, 0) is 13.0 Å². The van der Waals surface area contributed by atoms with Crippen LogP contribution in [-0.4, -0.2) is 36.8 Å². The SMILES string of the molecule is CCOC(=O)c1ccc(-c2c(F)c(OC)cc(OC)c2Cl)c2nccnc12. The number of esters is 1. The lowest BCUT2D eigenvalue weighted by molar-refractivity contribution is 0.0528. The van der Waals surface area contributed by atoms with Gasteiger partial charge in [-0.2, -0.15) is 0 Å². The summed E-state index contributed by atoms with van der Waals surface area (Å²) >= 11 is 6.37. The third kappa shape index (κ3) is 3.26. The first-order valence-corrected chi connectivity index (χ1v) is 8.42. The molecule has 0 N–H and O–H groups in total. The molecular weight excluding hydrogens is 375 g/mol. The van der Waals surface area contributed by atoms with Crippen molar-refractivity contribution in [1.82, 2.24) is 9.97 Å². The molecule has 0 aliphatic carbocycles. The summed E-state index contributed by atoms with van der Waals surface area (Å²) in [6, 6.07) is 4.42. The second-order valence-electron chi connectivity index (χ2n) is 5.42. The van der Waals surface area contributed by atoms with Gasteiger partial charge in [-0.1, -0.05) is 17.7 Å². The number of hydrogen-bond acceptors (Lipinski definition) is 6. The monoisotopic (exact) mass is 390 g/mol. The average molecular weight is 391 g/mol. The van der Waals surface area contributed by atoms with Crippen molar-refractivity contribution in [3.8, 4) is 22.6 Å². The fraction of sp³-hybridized carbons (Fsp3) is 0.211. The Morgan fingerprint density at radius 2 is 1.78 bits per heavy atom. The van der Waals surface area contributed by atoms with Crippen LogP contribution in [0.3, 0.4) is 0 Å². The number of nitrogens with zero attached hydrogens (tertiary/aromatic N) is 2. The molecule has 0 saturated heterocycles. The highest BCUT2D eigenvalue weighted by Crippen LogP contribution is 2.43. The van der Waals surface area contributed by atoms with Gasteiger partial charge in [-0.15, -0.1) is 0 Å². The van der Waals surface area contributed by atoms with Crippen LogP contribution in [0.1, 0.15) is 17.3 Å². The smallest absolute Gasteiger partial charge is 0.340 e. The van der Waals surface area contributed by atoms with Crippen LogP contribution in [-0.2, 0) is 4.74 Å². The van der Waals surface area contributed by atoms with Crippen molar-refractivity contribution < 1.29 is 23.4 Å². The lowest BCUT2D eigenvalue weighted by atomic mass is 9.99. The normalized spacial score (nSPS) is 10.7. The van der Waals surface area contributed by atoms with E-state index in [9.17, 15) is 4.79 Å². The zero-order chi connectivity index (χ0) is 19.6. The van der Waals surface area contributed by atoms with Crippen LogP contribution < -0.4 is 9.47 Å². The molecule has 27 heavy (non-hydrogen) atoms. The predicted molar refractivity (Wildman–Crippen MR) is 99.0 cm³/mol. The third-order valence-corrected chi connectivity index (χ3v) is 4.34. The van der Waals surface area contributed by atoms with E-state index in [1.54, 1.807) is 13.0 Å². The first kappa shape index (κ1) is 18.8. The Labute approximate surface area is 159 Å². The molecule has 0 saturated carbocycles. The molecule has 3 rings (SSSR count). The molecule has 0 unspecified atom stereocenters.